The van der Waals surface area contributed by atoms with Gasteiger partial charge in [-0.25, -0.2) is 0 Å². The Kier molecular flexibility index (Phi) is 3.15. The molecule has 0 amide bonds. The maximum atomic E-state index is 12.2. The summed E-state index contributed by atoms with van der Waals surface area (Å²) < 4.78 is 5.03. The van der Waals surface area contributed by atoms with Crippen molar-refractivity contribution in [2.45, 2.75) is 38.3 Å². The normalized spacial score (nSPS) is 43.2. The molecule has 0 spiro atoms. The minimum Gasteiger partial charge on any atom is -0.632 e. The maximum absolute atomic E-state index is 12.2. The van der Waals surface area contributed by atoms with E-state index in [0.717, 1.165) is 6.42 Å². The average molecular weight is 198 g/mol. The van der Waals surface area contributed by atoms with E-state index in [1.165, 1.54) is 0 Å². The molecule has 0 aliphatic carbocycles. The van der Waals surface area contributed by atoms with E-state index in [2.05, 4.69) is 6.07 Å². The lowest BCUT2D eigenvalue weighted by atomic mass is 9.85. The van der Waals surface area contributed by atoms with Crippen molar-refractivity contribution in [3.05, 3.63) is 5.21 Å². The SMILES string of the molecule is CCC1OCC[N+](C)([O-])C1(C#N)CC. The predicted molar refractivity (Wildman–Crippen MR) is 53.1 cm³/mol. The van der Waals surface area contributed by atoms with Crippen LogP contribution in [0.3, 0.4) is 0 Å². The molecule has 3 unspecified atom stereocenters. The number of nitrogens with zero attached hydrogens (tertiary/aromatic N) is 2. The Morgan fingerprint density at radius 2 is 2.29 bits per heavy atom. The molecule has 4 nitrogen and oxygen atoms in total. The van der Waals surface area contributed by atoms with Crippen LogP contribution in [0, 0.1) is 16.5 Å². The molecule has 1 rings (SSSR count). The third-order valence-corrected chi connectivity index (χ3v) is 3.32. The van der Waals surface area contributed by atoms with Crippen LogP contribution in [0.2, 0.25) is 0 Å². The third-order valence-electron chi connectivity index (χ3n) is 3.32. The van der Waals surface area contributed by atoms with Crippen molar-refractivity contribution in [3.63, 3.8) is 0 Å². The predicted octanol–water partition coefficient (Wildman–Crippen LogP) is 1.41. The fraction of sp³-hybridized carbons (Fsp3) is 0.900. The van der Waals surface area contributed by atoms with E-state index in [0.29, 0.717) is 19.6 Å². The zero-order valence-corrected chi connectivity index (χ0v) is 9.12. The van der Waals surface area contributed by atoms with E-state index in [1.54, 1.807) is 7.05 Å². The molecule has 0 N–H and O–H groups in total. The molecule has 0 bridgehead atoms. The molecule has 80 valence electrons. The van der Waals surface area contributed by atoms with E-state index >= 15 is 0 Å². The first-order valence-electron chi connectivity index (χ1n) is 5.13. The summed E-state index contributed by atoms with van der Waals surface area (Å²) in [7, 11) is 1.58. The number of quaternary nitrogens is 1. The van der Waals surface area contributed by atoms with E-state index in [1.807, 2.05) is 13.8 Å². The van der Waals surface area contributed by atoms with E-state index < -0.39 is 10.2 Å². The first-order valence-corrected chi connectivity index (χ1v) is 5.13. The van der Waals surface area contributed by atoms with Crippen molar-refractivity contribution >= 4 is 0 Å². The van der Waals surface area contributed by atoms with Gasteiger partial charge in [0, 0.05) is 6.42 Å². The molecule has 1 fully saturated rings. The van der Waals surface area contributed by atoms with Gasteiger partial charge in [0.1, 0.15) is 18.7 Å². The summed E-state index contributed by atoms with van der Waals surface area (Å²) in [5.41, 5.74) is -0.910. The number of likely N-dealkylation sites (N-methyl/N-ethyl adjacent to an activating group) is 1. The summed E-state index contributed by atoms with van der Waals surface area (Å²) >= 11 is 0. The molecule has 4 heteroatoms. The van der Waals surface area contributed by atoms with Gasteiger partial charge in [-0.2, -0.15) is 5.26 Å². The zero-order chi connectivity index (χ0) is 10.8. The second kappa shape index (κ2) is 3.85. The van der Waals surface area contributed by atoms with Gasteiger partial charge in [-0.15, -0.1) is 0 Å². The van der Waals surface area contributed by atoms with Gasteiger partial charge in [-0.1, -0.05) is 13.8 Å². The van der Waals surface area contributed by atoms with E-state index in [9.17, 15) is 10.5 Å². The van der Waals surface area contributed by atoms with Gasteiger partial charge >= 0.3 is 0 Å². The number of hydrogen-bond donors (Lipinski definition) is 0. The first kappa shape index (κ1) is 11.4. The van der Waals surface area contributed by atoms with Crippen LogP contribution in [0.15, 0.2) is 0 Å². The van der Waals surface area contributed by atoms with E-state index in [-0.39, 0.29) is 6.10 Å². The van der Waals surface area contributed by atoms with Gasteiger partial charge in [0.2, 0.25) is 5.54 Å². The van der Waals surface area contributed by atoms with Gasteiger partial charge in [-0.05, 0) is 6.42 Å². The summed E-state index contributed by atoms with van der Waals surface area (Å²) in [6.45, 7) is 4.67. The molecule has 1 aliphatic heterocycles. The fourth-order valence-corrected chi connectivity index (χ4v) is 2.29. The lowest BCUT2D eigenvalue weighted by Crippen LogP contribution is -2.68. The van der Waals surface area contributed by atoms with Crippen LogP contribution in [-0.2, 0) is 4.74 Å². The number of morpholine rings is 1. The second-order valence-corrected chi connectivity index (χ2v) is 3.98. The van der Waals surface area contributed by atoms with Crippen molar-refractivity contribution in [1.82, 2.24) is 0 Å². The van der Waals surface area contributed by atoms with E-state index in [4.69, 9.17) is 4.74 Å². The number of hydrogen-bond acceptors (Lipinski definition) is 3. The summed E-state index contributed by atoms with van der Waals surface area (Å²) in [4.78, 5) is 0. The molecule has 1 saturated heterocycles. The Hall–Kier alpha value is -0.630. The minimum absolute atomic E-state index is 0.228. The number of hydroxylamine groups is 3. The summed E-state index contributed by atoms with van der Waals surface area (Å²) in [5.74, 6) is 0. The number of nitriles is 1. The quantitative estimate of drug-likeness (QED) is 0.498. The molecule has 0 saturated carbocycles. The van der Waals surface area contributed by atoms with Crippen molar-refractivity contribution in [1.29, 1.82) is 5.26 Å². The Morgan fingerprint density at radius 3 is 2.64 bits per heavy atom. The molecule has 1 aliphatic rings. The highest BCUT2D eigenvalue weighted by Crippen LogP contribution is 2.35. The standard InChI is InChI=1S/C10H18N2O2/c1-4-9-10(5-2,8-11)12(3,13)6-7-14-9/h9H,4-7H2,1-3H3. The Balaban J connectivity index is 3.07. The average Bonchev–Trinajstić information content (AvgIpc) is 2.16. The highest BCUT2D eigenvalue weighted by atomic mass is 16.6. The summed E-state index contributed by atoms with van der Waals surface area (Å²) in [5, 5.41) is 21.5. The topological polar surface area (TPSA) is 56.1 Å². The van der Waals surface area contributed by atoms with Crippen LogP contribution in [0.5, 0.6) is 0 Å². The van der Waals surface area contributed by atoms with Crippen LogP contribution >= 0.6 is 0 Å². The fourth-order valence-electron chi connectivity index (χ4n) is 2.29. The van der Waals surface area contributed by atoms with Gasteiger partial charge in [-0.3, -0.25) is 0 Å². The largest absolute Gasteiger partial charge is 0.632 e. The van der Waals surface area contributed by atoms with Crippen molar-refractivity contribution in [3.8, 4) is 6.07 Å². The second-order valence-electron chi connectivity index (χ2n) is 3.98. The molecule has 0 aromatic heterocycles. The highest BCUT2D eigenvalue weighted by molar-refractivity contribution is 5.08. The van der Waals surface area contributed by atoms with Gasteiger partial charge in [0.25, 0.3) is 0 Å². The monoisotopic (exact) mass is 198 g/mol. The van der Waals surface area contributed by atoms with Crippen molar-refractivity contribution < 1.29 is 9.38 Å². The number of rotatable bonds is 2. The van der Waals surface area contributed by atoms with Crippen LogP contribution in [0.25, 0.3) is 0 Å². The van der Waals surface area contributed by atoms with Gasteiger partial charge in [0.05, 0.1) is 13.7 Å². The molecule has 3 atom stereocenters. The van der Waals surface area contributed by atoms with Crippen LogP contribution in [-0.4, -0.2) is 36.5 Å². The Morgan fingerprint density at radius 1 is 1.64 bits per heavy atom. The number of ether oxygens (including phenoxy) is 1. The molecule has 14 heavy (non-hydrogen) atoms. The molecular formula is C10H18N2O2. The van der Waals surface area contributed by atoms with Crippen molar-refractivity contribution in [2.24, 2.45) is 0 Å². The minimum atomic E-state index is -0.910. The van der Waals surface area contributed by atoms with Gasteiger partial charge in [0.15, 0.2) is 0 Å². The maximum Gasteiger partial charge on any atom is 0.211 e. The molecule has 1 heterocycles. The van der Waals surface area contributed by atoms with Gasteiger partial charge < -0.3 is 14.6 Å². The highest BCUT2D eigenvalue weighted by Gasteiger charge is 2.51. The molecule has 0 aromatic rings. The molecular weight excluding hydrogens is 180 g/mol. The molecule has 0 radical (unpaired) electrons. The first-order chi connectivity index (χ1) is 6.54. The third kappa shape index (κ3) is 1.42. The van der Waals surface area contributed by atoms with Crippen LogP contribution in [0.4, 0.5) is 0 Å². The lowest BCUT2D eigenvalue weighted by molar-refractivity contribution is -0.919. The van der Waals surface area contributed by atoms with Crippen molar-refractivity contribution in [2.75, 3.05) is 20.2 Å². The Labute approximate surface area is 85.2 Å². The Bertz CT molecular complexity index is 247. The van der Waals surface area contributed by atoms with Crippen LogP contribution < -0.4 is 0 Å². The zero-order valence-electron chi connectivity index (χ0n) is 9.12. The smallest absolute Gasteiger partial charge is 0.211 e. The summed E-state index contributed by atoms with van der Waals surface area (Å²) in [6, 6.07) is 2.19. The molecule has 0 aromatic carbocycles. The van der Waals surface area contributed by atoms with Crippen LogP contribution in [0.1, 0.15) is 26.7 Å². The summed E-state index contributed by atoms with van der Waals surface area (Å²) in [6.07, 6.45) is 1.04. The lowest BCUT2D eigenvalue weighted by Gasteiger charge is -2.56.